The average Bonchev–Trinajstić information content (AvgIpc) is 2.75. The van der Waals surface area contributed by atoms with Crippen LogP contribution in [0, 0.1) is 0 Å². The molecular weight excluding hydrogens is 266 g/mol. The van der Waals surface area contributed by atoms with Gasteiger partial charge in [-0.05, 0) is 17.7 Å². The Morgan fingerprint density at radius 1 is 1.47 bits per heavy atom. The zero-order valence-electron chi connectivity index (χ0n) is 10.4. The summed E-state index contributed by atoms with van der Waals surface area (Å²) in [4.78, 5) is 13.6. The van der Waals surface area contributed by atoms with Gasteiger partial charge in [-0.3, -0.25) is 4.79 Å². The number of aromatic nitrogens is 1. The van der Waals surface area contributed by atoms with E-state index in [9.17, 15) is 4.79 Å². The van der Waals surface area contributed by atoms with Gasteiger partial charge in [0.15, 0.2) is 0 Å². The molecule has 2 rings (SSSR count). The number of nitrogens with two attached hydrogens (primary N) is 1. The molecule has 0 aliphatic rings. The first-order chi connectivity index (χ1) is 9.16. The van der Waals surface area contributed by atoms with Gasteiger partial charge in [-0.2, -0.15) is 0 Å². The molecule has 1 aromatic heterocycles. The number of nitrogens with one attached hydrogen (secondary N) is 2. The third-order valence-corrected chi connectivity index (χ3v) is 2.95. The highest BCUT2D eigenvalue weighted by molar-refractivity contribution is 6.31. The zero-order chi connectivity index (χ0) is 13.7. The van der Waals surface area contributed by atoms with Crippen molar-refractivity contribution >= 4 is 28.4 Å². The molecular formula is C13H16ClN3O2. The highest BCUT2D eigenvalue weighted by Crippen LogP contribution is 2.21. The smallest absolute Gasteiger partial charge is 0.243 e. The first kappa shape index (κ1) is 13.9. The van der Waals surface area contributed by atoms with E-state index in [2.05, 4.69) is 10.3 Å². The van der Waals surface area contributed by atoms with Gasteiger partial charge < -0.3 is 20.8 Å². The molecule has 0 atom stereocenters. The summed E-state index contributed by atoms with van der Waals surface area (Å²) in [5.41, 5.74) is 7.15. The molecule has 1 heterocycles. The standard InChI is InChI=1S/C13H16ClN3O2/c14-10-1-2-11-9(7-17-12(11)5-10)6-16-3-4-19-8-13(15)18/h1-2,5,7,16-17H,3-4,6,8H2,(H2,15,18). The van der Waals surface area contributed by atoms with Gasteiger partial charge >= 0.3 is 0 Å². The first-order valence-electron chi connectivity index (χ1n) is 5.99. The van der Waals surface area contributed by atoms with E-state index in [0.29, 0.717) is 18.2 Å². The molecule has 1 aromatic carbocycles. The second-order valence-corrected chi connectivity index (χ2v) is 4.64. The highest BCUT2D eigenvalue weighted by atomic mass is 35.5. The lowest BCUT2D eigenvalue weighted by Crippen LogP contribution is -2.23. The SMILES string of the molecule is NC(=O)COCCNCc1c[nH]c2cc(Cl)ccc12. The number of rotatable bonds is 7. The van der Waals surface area contributed by atoms with E-state index in [1.54, 1.807) is 0 Å². The number of aromatic amines is 1. The zero-order valence-corrected chi connectivity index (χ0v) is 11.2. The molecule has 1 amide bonds. The molecule has 0 bridgehead atoms. The Balaban J connectivity index is 1.80. The van der Waals surface area contributed by atoms with Crippen molar-refractivity contribution in [1.29, 1.82) is 0 Å². The summed E-state index contributed by atoms with van der Waals surface area (Å²) in [5, 5.41) is 5.10. The van der Waals surface area contributed by atoms with Gasteiger partial charge in [0, 0.05) is 35.2 Å². The van der Waals surface area contributed by atoms with Gasteiger partial charge in [0.05, 0.1) is 6.61 Å². The Hall–Kier alpha value is -1.56. The number of carbonyl (C=O) groups is 1. The number of primary amides is 1. The first-order valence-corrected chi connectivity index (χ1v) is 6.37. The van der Waals surface area contributed by atoms with Gasteiger partial charge in [0.25, 0.3) is 0 Å². The quantitative estimate of drug-likeness (QED) is 0.671. The molecule has 0 fully saturated rings. The monoisotopic (exact) mass is 281 g/mol. The molecule has 0 saturated carbocycles. The van der Waals surface area contributed by atoms with Crippen LogP contribution in [-0.2, 0) is 16.1 Å². The lowest BCUT2D eigenvalue weighted by molar-refractivity contribution is -0.122. The van der Waals surface area contributed by atoms with Crippen molar-refractivity contribution in [2.45, 2.75) is 6.54 Å². The van der Waals surface area contributed by atoms with Crippen molar-refractivity contribution < 1.29 is 9.53 Å². The second-order valence-electron chi connectivity index (χ2n) is 4.20. The lowest BCUT2D eigenvalue weighted by atomic mass is 10.2. The number of amides is 1. The van der Waals surface area contributed by atoms with Crippen LogP contribution in [0.5, 0.6) is 0 Å². The predicted octanol–water partition coefficient (Wildman–Crippen LogP) is 1.41. The number of H-pyrrole nitrogens is 1. The van der Waals surface area contributed by atoms with Crippen LogP contribution in [0.1, 0.15) is 5.56 Å². The Bertz CT molecular complexity index is 568. The Morgan fingerprint density at radius 3 is 3.11 bits per heavy atom. The van der Waals surface area contributed by atoms with Crippen LogP contribution in [0.3, 0.4) is 0 Å². The van der Waals surface area contributed by atoms with Crippen molar-refractivity contribution in [3.05, 3.63) is 35.0 Å². The van der Waals surface area contributed by atoms with Crippen molar-refractivity contribution in [1.82, 2.24) is 10.3 Å². The van der Waals surface area contributed by atoms with Crippen LogP contribution < -0.4 is 11.1 Å². The van der Waals surface area contributed by atoms with E-state index in [1.807, 2.05) is 24.4 Å². The fraction of sp³-hybridized carbons (Fsp3) is 0.308. The van der Waals surface area contributed by atoms with Crippen LogP contribution >= 0.6 is 11.6 Å². The molecule has 19 heavy (non-hydrogen) atoms. The maximum absolute atomic E-state index is 10.5. The predicted molar refractivity (Wildman–Crippen MR) is 75.0 cm³/mol. The third kappa shape index (κ3) is 3.96. The molecule has 2 aromatic rings. The second kappa shape index (κ2) is 6.56. The highest BCUT2D eigenvalue weighted by Gasteiger charge is 2.03. The summed E-state index contributed by atoms with van der Waals surface area (Å²) in [7, 11) is 0. The third-order valence-electron chi connectivity index (χ3n) is 2.71. The van der Waals surface area contributed by atoms with Crippen LogP contribution in [0.25, 0.3) is 10.9 Å². The summed E-state index contributed by atoms with van der Waals surface area (Å²) in [6, 6.07) is 5.77. The van der Waals surface area contributed by atoms with E-state index < -0.39 is 5.91 Å². The van der Waals surface area contributed by atoms with Crippen molar-refractivity contribution in [3.63, 3.8) is 0 Å². The largest absolute Gasteiger partial charge is 0.370 e. The minimum Gasteiger partial charge on any atom is -0.370 e. The van der Waals surface area contributed by atoms with Crippen LogP contribution in [-0.4, -0.2) is 30.6 Å². The maximum atomic E-state index is 10.5. The van der Waals surface area contributed by atoms with Crippen LogP contribution in [0.2, 0.25) is 5.02 Å². The summed E-state index contributed by atoms with van der Waals surface area (Å²) >= 11 is 5.93. The maximum Gasteiger partial charge on any atom is 0.243 e. The van der Waals surface area contributed by atoms with Crippen LogP contribution in [0.4, 0.5) is 0 Å². The molecule has 0 aliphatic carbocycles. The van der Waals surface area contributed by atoms with Crippen molar-refractivity contribution in [2.24, 2.45) is 5.73 Å². The van der Waals surface area contributed by atoms with E-state index >= 15 is 0 Å². The Morgan fingerprint density at radius 2 is 2.32 bits per heavy atom. The van der Waals surface area contributed by atoms with Gasteiger partial charge in [-0.25, -0.2) is 0 Å². The van der Waals surface area contributed by atoms with E-state index in [1.165, 1.54) is 5.56 Å². The van der Waals surface area contributed by atoms with E-state index in [0.717, 1.165) is 17.4 Å². The Labute approximate surface area is 116 Å². The molecule has 0 unspecified atom stereocenters. The normalized spacial score (nSPS) is 11.0. The lowest BCUT2D eigenvalue weighted by Gasteiger charge is -2.04. The molecule has 0 radical (unpaired) electrons. The van der Waals surface area contributed by atoms with Gasteiger partial charge in [0.2, 0.25) is 5.91 Å². The molecule has 0 spiro atoms. The number of carbonyl (C=O) groups excluding carboxylic acids is 1. The van der Waals surface area contributed by atoms with E-state index in [4.69, 9.17) is 22.1 Å². The number of hydrogen-bond donors (Lipinski definition) is 3. The Kier molecular flexibility index (Phi) is 4.79. The topological polar surface area (TPSA) is 80.1 Å². The number of ether oxygens (including phenoxy) is 1. The molecule has 0 aliphatic heterocycles. The van der Waals surface area contributed by atoms with Gasteiger partial charge in [0.1, 0.15) is 6.61 Å². The summed E-state index contributed by atoms with van der Waals surface area (Å²) in [5.74, 6) is -0.450. The van der Waals surface area contributed by atoms with Crippen molar-refractivity contribution in [2.75, 3.05) is 19.8 Å². The summed E-state index contributed by atoms with van der Waals surface area (Å²) in [6.07, 6.45) is 1.96. The molecule has 102 valence electrons. The molecule has 4 N–H and O–H groups in total. The minimum atomic E-state index is -0.450. The molecule has 5 nitrogen and oxygen atoms in total. The number of fused-ring (bicyclic) bond motifs is 1. The van der Waals surface area contributed by atoms with Crippen LogP contribution in [0.15, 0.2) is 24.4 Å². The van der Waals surface area contributed by atoms with Gasteiger partial charge in [-0.15, -0.1) is 0 Å². The summed E-state index contributed by atoms with van der Waals surface area (Å²) in [6.45, 7) is 1.81. The van der Waals surface area contributed by atoms with Gasteiger partial charge in [-0.1, -0.05) is 17.7 Å². The molecule has 0 saturated heterocycles. The summed E-state index contributed by atoms with van der Waals surface area (Å²) < 4.78 is 5.06. The fourth-order valence-electron chi connectivity index (χ4n) is 1.84. The minimum absolute atomic E-state index is 0.0345. The average molecular weight is 282 g/mol. The molecule has 6 heteroatoms. The number of halogens is 1. The number of benzene rings is 1. The fourth-order valence-corrected chi connectivity index (χ4v) is 2.02. The van der Waals surface area contributed by atoms with Crippen molar-refractivity contribution in [3.8, 4) is 0 Å². The number of hydrogen-bond acceptors (Lipinski definition) is 3. The van der Waals surface area contributed by atoms with E-state index in [-0.39, 0.29) is 6.61 Å².